The van der Waals surface area contributed by atoms with Crippen LogP contribution in [-0.4, -0.2) is 47.0 Å². The summed E-state index contributed by atoms with van der Waals surface area (Å²) in [6.45, 7) is 9.67. The van der Waals surface area contributed by atoms with Crippen LogP contribution in [0.25, 0.3) is 0 Å². The van der Waals surface area contributed by atoms with Gasteiger partial charge >= 0.3 is 0 Å². The van der Waals surface area contributed by atoms with Crippen molar-refractivity contribution in [2.45, 2.75) is 39.0 Å². The fraction of sp³-hybridized carbons (Fsp3) is 0.733. The number of aromatic nitrogens is 1. The molecule has 0 bridgehead atoms. The maximum atomic E-state index is 4.60. The summed E-state index contributed by atoms with van der Waals surface area (Å²) < 4.78 is 0. The van der Waals surface area contributed by atoms with Gasteiger partial charge in [0, 0.05) is 36.5 Å². The Kier molecular flexibility index (Phi) is 9.08. The number of nitrogens with one attached hydrogen (secondary N) is 1. The minimum Gasteiger partial charge on any atom is -0.351 e. The molecule has 4 nitrogen and oxygen atoms in total. The molecule has 22 heavy (non-hydrogen) atoms. The van der Waals surface area contributed by atoms with Crippen molar-refractivity contribution in [3.63, 3.8) is 0 Å². The Labute approximate surface area is 159 Å². The minimum absolute atomic E-state index is 0. The summed E-state index contributed by atoms with van der Waals surface area (Å²) in [6, 6.07) is 0. The van der Waals surface area contributed by atoms with E-state index in [1.54, 1.807) is 11.3 Å². The first kappa shape index (κ1) is 20.0. The van der Waals surface area contributed by atoms with Crippen molar-refractivity contribution in [2.24, 2.45) is 10.9 Å². The molecule has 0 amide bonds. The maximum absolute atomic E-state index is 4.60. The second kappa shape index (κ2) is 9.97. The smallest absolute Gasteiger partial charge is 0.194 e. The van der Waals surface area contributed by atoms with Crippen molar-refractivity contribution in [2.75, 3.05) is 25.9 Å². The number of nitrogens with zero attached hydrogens (tertiary/aromatic N) is 3. The van der Waals surface area contributed by atoms with Crippen molar-refractivity contribution in [1.82, 2.24) is 15.2 Å². The molecule has 2 heterocycles. The summed E-state index contributed by atoms with van der Waals surface area (Å²) in [5.74, 6) is 2.90. The monoisotopic (exact) mass is 454 g/mol. The molecular formula is C15H27IN4S2. The lowest BCUT2D eigenvalue weighted by atomic mass is 10.1. The van der Waals surface area contributed by atoms with Gasteiger partial charge in [-0.2, -0.15) is 11.8 Å². The van der Waals surface area contributed by atoms with E-state index in [1.165, 1.54) is 10.8 Å². The number of halogens is 1. The standard InChI is InChI=1S/C15H26N4S2.HI/c1-5-14-18-12(10-21-14)8-17-15(16-4)19-6-7-20-13(9-19)11(2)3;/h10-11,13H,5-9H2,1-4H3,(H,16,17);1H. The van der Waals surface area contributed by atoms with Gasteiger partial charge in [0.25, 0.3) is 0 Å². The summed E-state index contributed by atoms with van der Waals surface area (Å²) in [4.78, 5) is 11.4. The fourth-order valence-corrected chi connectivity index (χ4v) is 4.41. The van der Waals surface area contributed by atoms with Crippen LogP contribution in [0.1, 0.15) is 31.5 Å². The van der Waals surface area contributed by atoms with Crippen LogP contribution < -0.4 is 5.32 Å². The largest absolute Gasteiger partial charge is 0.351 e. The second-order valence-electron chi connectivity index (χ2n) is 5.59. The maximum Gasteiger partial charge on any atom is 0.194 e. The second-order valence-corrected chi connectivity index (χ2v) is 7.88. The van der Waals surface area contributed by atoms with Crippen LogP contribution in [0.4, 0.5) is 0 Å². The van der Waals surface area contributed by atoms with Gasteiger partial charge in [0.1, 0.15) is 0 Å². The molecule has 1 unspecified atom stereocenters. The predicted molar refractivity (Wildman–Crippen MR) is 110 cm³/mol. The van der Waals surface area contributed by atoms with Gasteiger partial charge in [-0.3, -0.25) is 4.99 Å². The van der Waals surface area contributed by atoms with E-state index in [0.29, 0.717) is 11.2 Å². The van der Waals surface area contributed by atoms with E-state index in [0.717, 1.165) is 37.7 Å². The molecule has 2 rings (SSSR count). The topological polar surface area (TPSA) is 40.5 Å². The number of hydrogen-bond donors (Lipinski definition) is 1. The summed E-state index contributed by atoms with van der Waals surface area (Å²) in [6.07, 6.45) is 1.01. The first-order valence-corrected chi connectivity index (χ1v) is 9.57. The molecule has 1 aliphatic heterocycles. The van der Waals surface area contributed by atoms with Crippen molar-refractivity contribution in [3.05, 3.63) is 16.1 Å². The van der Waals surface area contributed by atoms with Crippen LogP contribution in [0.3, 0.4) is 0 Å². The first-order chi connectivity index (χ1) is 10.1. The Hall–Kier alpha value is -0.0200. The molecule has 1 aliphatic rings. The summed E-state index contributed by atoms with van der Waals surface area (Å²) >= 11 is 3.83. The van der Waals surface area contributed by atoms with Crippen LogP contribution in [0.2, 0.25) is 0 Å². The Balaban J connectivity index is 0.00000242. The molecule has 0 aromatic carbocycles. The molecule has 1 aromatic heterocycles. The molecule has 0 spiro atoms. The Bertz CT molecular complexity index is 476. The first-order valence-electron chi connectivity index (χ1n) is 7.64. The lowest BCUT2D eigenvalue weighted by molar-refractivity contribution is 0.380. The highest BCUT2D eigenvalue weighted by molar-refractivity contribution is 14.0. The van der Waals surface area contributed by atoms with Gasteiger partial charge in [-0.05, 0) is 12.3 Å². The van der Waals surface area contributed by atoms with Crippen LogP contribution >= 0.6 is 47.1 Å². The molecule has 126 valence electrons. The molecule has 1 saturated heterocycles. The van der Waals surface area contributed by atoms with Crippen molar-refractivity contribution in [1.29, 1.82) is 0 Å². The molecule has 7 heteroatoms. The van der Waals surface area contributed by atoms with Crippen LogP contribution in [0, 0.1) is 5.92 Å². The normalized spacial score (nSPS) is 19.2. The van der Waals surface area contributed by atoms with Gasteiger partial charge in [0.05, 0.1) is 17.2 Å². The quantitative estimate of drug-likeness (QED) is 0.430. The molecule has 0 radical (unpaired) electrons. The van der Waals surface area contributed by atoms with Crippen molar-refractivity contribution < 1.29 is 0 Å². The molecule has 0 aliphatic carbocycles. The number of rotatable bonds is 4. The molecule has 1 N–H and O–H groups in total. The average molecular weight is 454 g/mol. The lowest BCUT2D eigenvalue weighted by Gasteiger charge is -2.36. The van der Waals surface area contributed by atoms with Gasteiger partial charge in [-0.15, -0.1) is 35.3 Å². The minimum atomic E-state index is 0. The van der Waals surface area contributed by atoms with Crippen LogP contribution in [0.15, 0.2) is 10.4 Å². The van der Waals surface area contributed by atoms with Gasteiger partial charge in [0.15, 0.2) is 5.96 Å². The zero-order chi connectivity index (χ0) is 15.2. The SMILES string of the molecule is CCc1nc(CNC(=NC)N2CCSC(C(C)C)C2)cs1.I. The number of thioether (sulfide) groups is 1. The summed E-state index contributed by atoms with van der Waals surface area (Å²) in [5, 5.41) is 7.51. The van der Waals surface area contributed by atoms with E-state index in [2.05, 4.69) is 58.1 Å². The number of guanidine groups is 1. The van der Waals surface area contributed by atoms with E-state index in [1.807, 2.05) is 7.05 Å². The highest BCUT2D eigenvalue weighted by Gasteiger charge is 2.24. The molecule has 1 atom stereocenters. The Morgan fingerprint density at radius 3 is 2.91 bits per heavy atom. The lowest BCUT2D eigenvalue weighted by Crippen LogP contribution is -2.48. The number of aliphatic imine (C=N–C) groups is 1. The Morgan fingerprint density at radius 1 is 1.55 bits per heavy atom. The zero-order valence-electron chi connectivity index (χ0n) is 13.8. The molecule has 1 fully saturated rings. The Morgan fingerprint density at radius 2 is 2.32 bits per heavy atom. The van der Waals surface area contributed by atoms with Crippen LogP contribution in [0.5, 0.6) is 0 Å². The van der Waals surface area contributed by atoms with E-state index in [-0.39, 0.29) is 24.0 Å². The third-order valence-corrected chi connectivity index (χ3v) is 6.26. The van der Waals surface area contributed by atoms with Gasteiger partial charge in [0.2, 0.25) is 0 Å². The molecule has 1 aromatic rings. The molecular weight excluding hydrogens is 427 g/mol. The van der Waals surface area contributed by atoms with Crippen molar-refractivity contribution >= 4 is 53.0 Å². The number of thiazole rings is 1. The third kappa shape index (κ3) is 5.56. The van der Waals surface area contributed by atoms with Gasteiger partial charge < -0.3 is 10.2 Å². The highest BCUT2D eigenvalue weighted by atomic mass is 127. The molecule has 0 saturated carbocycles. The van der Waals surface area contributed by atoms with E-state index >= 15 is 0 Å². The van der Waals surface area contributed by atoms with Gasteiger partial charge in [-0.1, -0.05) is 20.8 Å². The van der Waals surface area contributed by atoms with Crippen molar-refractivity contribution in [3.8, 4) is 0 Å². The van der Waals surface area contributed by atoms with Gasteiger partial charge in [-0.25, -0.2) is 4.98 Å². The number of aryl methyl sites for hydroxylation is 1. The average Bonchev–Trinajstić information content (AvgIpc) is 2.96. The van der Waals surface area contributed by atoms with Crippen LogP contribution in [-0.2, 0) is 13.0 Å². The van der Waals surface area contributed by atoms with E-state index in [9.17, 15) is 0 Å². The predicted octanol–water partition coefficient (Wildman–Crippen LogP) is 3.47. The third-order valence-electron chi connectivity index (χ3n) is 3.68. The summed E-state index contributed by atoms with van der Waals surface area (Å²) in [5.41, 5.74) is 1.12. The fourth-order valence-electron chi connectivity index (χ4n) is 2.37. The van der Waals surface area contributed by atoms with E-state index < -0.39 is 0 Å². The summed E-state index contributed by atoms with van der Waals surface area (Å²) in [7, 11) is 1.87. The van der Waals surface area contributed by atoms with E-state index in [4.69, 9.17) is 0 Å². The number of hydrogen-bond acceptors (Lipinski definition) is 4. The highest BCUT2D eigenvalue weighted by Crippen LogP contribution is 2.24. The zero-order valence-corrected chi connectivity index (χ0v) is 17.8.